The molecule has 1 aliphatic rings. The van der Waals surface area contributed by atoms with Gasteiger partial charge in [-0.1, -0.05) is 29.4 Å². The predicted molar refractivity (Wildman–Crippen MR) is 139 cm³/mol. The Balaban J connectivity index is 1.49. The summed E-state index contributed by atoms with van der Waals surface area (Å²) in [6, 6.07) is 18.7. The van der Waals surface area contributed by atoms with E-state index in [1.165, 1.54) is 12.1 Å². The third-order valence-corrected chi connectivity index (χ3v) is 6.58. The highest BCUT2D eigenvalue weighted by Crippen LogP contribution is 2.41. The first-order valence-electron chi connectivity index (χ1n) is 11.8. The van der Waals surface area contributed by atoms with Gasteiger partial charge in [-0.05, 0) is 59.5 Å². The van der Waals surface area contributed by atoms with Crippen molar-refractivity contribution in [3.8, 4) is 5.75 Å². The van der Waals surface area contributed by atoms with Gasteiger partial charge in [-0.25, -0.2) is 14.2 Å². The zero-order valence-corrected chi connectivity index (χ0v) is 20.6. The number of nitrogens with zero attached hydrogens (tertiary/aromatic N) is 4. The molecule has 2 aromatic heterocycles. The van der Waals surface area contributed by atoms with E-state index >= 15 is 0 Å². The molecule has 0 atom stereocenters. The molecule has 3 heterocycles. The van der Waals surface area contributed by atoms with Gasteiger partial charge < -0.3 is 14.2 Å². The maximum Gasteiger partial charge on any atom is 0.439 e. The molecule has 0 radical (unpaired) electrons. The number of aromatic amines is 1. The number of para-hydroxylation sites is 2. The van der Waals surface area contributed by atoms with Crippen molar-refractivity contribution in [1.82, 2.24) is 19.7 Å². The Labute approximate surface area is 211 Å². The van der Waals surface area contributed by atoms with Crippen LogP contribution in [-0.2, 0) is 13.2 Å². The Morgan fingerprint density at radius 1 is 1.11 bits per heavy atom. The Morgan fingerprint density at radius 3 is 2.70 bits per heavy atom. The van der Waals surface area contributed by atoms with E-state index < -0.39 is 5.76 Å². The van der Waals surface area contributed by atoms with E-state index in [0.29, 0.717) is 29.3 Å². The van der Waals surface area contributed by atoms with Gasteiger partial charge in [0.15, 0.2) is 5.82 Å². The van der Waals surface area contributed by atoms with Gasteiger partial charge >= 0.3 is 5.76 Å². The molecule has 1 N–H and O–H groups in total. The van der Waals surface area contributed by atoms with Crippen molar-refractivity contribution >= 4 is 28.1 Å². The van der Waals surface area contributed by atoms with Crippen LogP contribution in [0.1, 0.15) is 35.0 Å². The molecule has 5 aromatic rings. The first kappa shape index (κ1) is 22.8. The molecule has 37 heavy (non-hydrogen) atoms. The monoisotopic (exact) mass is 497 g/mol. The van der Waals surface area contributed by atoms with Gasteiger partial charge in [0, 0.05) is 31.3 Å². The Kier molecular flexibility index (Phi) is 5.40. The topological polar surface area (TPSA) is 89.2 Å². The van der Waals surface area contributed by atoms with Crippen LogP contribution in [0.3, 0.4) is 0 Å². The van der Waals surface area contributed by atoms with Gasteiger partial charge in [-0.15, -0.1) is 0 Å². The Bertz CT molecular complexity index is 1740. The second kappa shape index (κ2) is 8.77. The third kappa shape index (κ3) is 3.98. The molecule has 9 heteroatoms. The van der Waals surface area contributed by atoms with Crippen molar-refractivity contribution in [1.29, 1.82) is 0 Å². The number of H-pyrrole nitrogens is 1. The number of fused-ring (bicyclic) bond motifs is 3. The van der Waals surface area contributed by atoms with Crippen LogP contribution in [0.2, 0.25) is 0 Å². The number of aromatic nitrogens is 4. The summed E-state index contributed by atoms with van der Waals surface area (Å²) in [5.41, 5.74) is 7.09. The number of benzene rings is 3. The summed E-state index contributed by atoms with van der Waals surface area (Å²) in [5, 5.41) is 3.88. The van der Waals surface area contributed by atoms with Gasteiger partial charge in [-0.3, -0.25) is 9.51 Å². The highest BCUT2D eigenvalue weighted by atomic mass is 19.1. The van der Waals surface area contributed by atoms with Crippen molar-refractivity contribution in [3.05, 3.63) is 105 Å². The van der Waals surface area contributed by atoms with Crippen LogP contribution in [0, 0.1) is 5.82 Å². The molecule has 0 aliphatic carbocycles. The van der Waals surface area contributed by atoms with E-state index in [1.54, 1.807) is 6.07 Å². The molecule has 0 fully saturated rings. The van der Waals surface area contributed by atoms with Crippen molar-refractivity contribution in [2.24, 2.45) is 0 Å². The maximum atomic E-state index is 14.1. The fourth-order valence-electron chi connectivity index (χ4n) is 4.89. The average Bonchev–Trinajstić information content (AvgIpc) is 3.44. The molecule has 0 saturated heterocycles. The zero-order chi connectivity index (χ0) is 25.7. The number of nitrogens with one attached hydrogen (secondary N) is 1. The fraction of sp³-hybridized carbons (Fsp3) is 0.179. The number of allylic oxidation sites excluding steroid dienone is 1. The van der Waals surface area contributed by atoms with E-state index in [0.717, 1.165) is 39.2 Å². The Morgan fingerprint density at radius 2 is 1.92 bits per heavy atom. The number of hydrogen-bond donors (Lipinski definition) is 1. The maximum absolute atomic E-state index is 14.1. The lowest BCUT2D eigenvalue weighted by atomic mass is 9.89. The minimum atomic E-state index is -0.640. The van der Waals surface area contributed by atoms with Crippen LogP contribution >= 0.6 is 0 Å². The van der Waals surface area contributed by atoms with Crippen molar-refractivity contribution in [3.63, 3.8) is 0 Å². The van der Waals surface area contributed by atoms with Crippen LogP contribution in [0.15, 0.2) is 70.0 Å². The minimum Gasteiger partial charge on any atom is -0.488 e. The summed E-state index contributed by atoms with van der Waals surface area (Å²) in [7, 11) is 3.96. The minimum absolute atomic E-state index is 0.261. The van der Waals surface area contributed by atoms with Gasteiger partial charge in [-0.2, -0.15) is 0 Å². The van der Waals surface area contributed by atoms with E-state index in [4.69, 9.17) is 14.2 Å². The average molecular weight is 498 g/mol. The van der Waals surface area contributed by atoms with Crippen molar-refractivity contribution in [2.45, 2.75) is 20.1 Å². The predicted octanol–water partition coefficient (Wildman–Crippen LogP) is 4.84. The molecule has 3 aromatic carbocycles. The largest absolute Gasteiger partial charge is 0.488 e. The molecule has 0 unspecified atom stereocenters. The van der Waals surface area contributed by atoms with E-state index in [-0.39, 0.29) is 12.4 Å². The summed E-state index contributed by atoms with van der Waals surface area (Å²) in [6.07, 6.45) is 0. The molecule has 0 amide bonds. The van der Waals surface area contributed by atoms with Crippen LogP contribution in [0.5, 0.6) is 5.75 Å². The van der Waals surface area contributed by atoms with Crippen LogP contribution in [-0.4, -0.2) is 33.8 Å². The SMILES string of the molecule is CC(=C1c2ccc(Cn3c(N(C)C)nc4ccccc43)cc2COc2cc(F)ccc21)c1noc(=O)[nH]1. The van der Waals surface area contributed by atoms with Gasteiger partial charge in [0.1, 0.15) is 18.2 Å². The molecule has 1 aliphatic heterocycles. The fourth-order valence-corrected chi connectivity index (χ4v) is 4.89. The van der Waals surface area contributed by atoms with E-state index in [2.05, 4.69) is 32.9 Å². The summed E-state index contributed by atoms with van der Waals surface area (Å²) < 4.78 is 27.1. The third-order valence-electron chi connectivity index (χ3n) is 6.58. The molecule has 0 spiro atoms. The zero-order valence-electron chi connectivity index (χ0n) is 20.6. The van der Waals surface area contributed by atoms with Gasteiger partial charge in [0.05, 0.1) is 17.6 Å². The lowest BCUT2D eigenvalue weighted by Gasteiger charge is -2.17. The number of anilines is 1. The first-order chi connectivity index (χ1) is 17.9. The van der Waals surface area contributed by atoms with E-state index in [1.807, 2.05) is 50.2 Å². The number of ether oxygens (including phenoxy) is 1. The number of rotatable bonds is 4. The molecule has 0 saturated carbocycles. The van der Waals surface area contributed by atoms with Crippen LogP contribution < -0.4 is 15.4 Å². The quantitative estimate of drug-likeness (QED) is 0.382. The lowest BCUT2D eigenvalue weighted by Crippen LogP contribution is -2.16. The summed E-state index contributed by atoms with van der Waals surface area (Å²) in [5.74, 6) is 0.572. The first-order valence-corrected chi connectivity index (χ1v) is 11.8. The highest BCUT2D eigenvalue weighted by molar-refractivity contribution is 5.99. The van der Waals surface area contributed by atoms with Gasteiger partial charge in [0.25, 0.3) is 0 Å². The second-order valence-corrected chi connectivity index (χ2v) is 9.25. The summed E-state index contributed by atoms with van der Waals surface area (Å²) in [4.78, 5) is 21.1. The molecular weight excluding hydrogens is 473 g/mol. The number of hydrogen-bond acceptors (Lipinski definition) is 6. The van der Waals surface area contributed by atoms with Crippen molar-refractivity contribution < 1.29 is 13.7 Å². The Hall–Kier alpha value is -4.66. The smallest absolute Gasteiger partial charge is 0.439 e. The summed E-state index contributed by atoms with van der Waals surface area (Å²) in [6.45, 7) is 2.72. The van der Waals surface area contributed by atoms with E-state index in [9.17, 15) is 9.18 Å². The normalized spacial score (nSPS) is 14.1. The second-order valence-electron chi connectivity index (χ2n) is 9.25. The molecular formula is C28H24FN5O3. The van der Waals surface area contributed by atoms with Crippen LogP contribution in [0.4, 0.5) is 10.3 Å². The van der Waals surface area contributed by atoms with Crippen molar-refractivity contribution in [2.75, 3.05) is 19.0 Å². The van der Waals surface area contributed by atoms with Crippen LogP contribution in [0.25, 0.3) is 22.2 Å². The number of halogens is 1. The molecule has 0 bridgehead atoms. The molecule has 186 valence electrons. The molecule has 6 rings (SSSR count). The van der Waals surface area contributed by atoms with Gasteiger partial charge in [0.2, 0.25) is 5.95 Å². The summed E-state index contributed by atoms with van der Waals surface area (Å²) >= 11 is 0. The highest BCUT2D eigenvalue weighted by Gasteiger charge is 2.24. The molecule has 8 nitrogen and oxygen atoms in total. The lowest BCUT2D eigenvalue weighted by molar-refractivity contribution is 0.305. The number of imidazole rings is 1. The standard InChI is InChI=1S/C28H24FN5O3/c1-16(26-31-28(35)37-32-26)25-20-10-8-17(12-18(20)15-36-24-13-19(29)9-11-21(24)25)14-34-23-7-5-4-6-22(23)30-27(34)33(2)3/h4-13H,14-15H2,1-3H3,(H,31,32,35).